The minimum atomic E-state index is -5.06. The Labute approximate surface area is 78.1 Å². The first-order valence-corrected chi connectivity index (χ1v) is 3.76. The summed E-state index contributed by atoms with van der Waals surface area (Å²) in [6, 6.07) is 0. The van der Waals surface area contributed by atoms with Crippen LogP contribution < -0.4 is 5.32 Å². The molecule has 0 aromatic rings. The van der Waals surface area contributed by atoms with E-state index in [1.54, 1.807) is 0 Å². The summed E-state index contributed by atoms with van der Waals surface area (Å²) in [5.41, 5.74) is -1.88. The maximum Gasteiger partial charge on any atom is 0.471 e. The highest BCUT2D eigenvalue weighted by Gasteiger charge is 2.44. The molecule has 0 saturated carbocycles. The molecule has 0 aliphatic carbocycles. The second kappa shape index (κ2) is 3.85. The van der Waals surface area contributed by atoms with E-state index in [0.717, 1.165) is 6.92 Å². The molecule has 0 aliphatic rings. The largest absolute Gasteiger partial charge is 0.480 e. The third kappa shape index (κ3) is 2.90. The van der Waals surface area contributed by atoms with Gasteiger partial charge in [0.2, 0.25) is 0 Å². The van der Waals surface area contributed by atoms with Crippen molar-refractivity contribution >= 4 is 11.9 Å². The first kappa shape index (κ1) is 12.7. The summed E-state index contributed by atoms with van der Waals surface area (Å²) in [7, 11) is 0. The van der Waals surface area contributed by atoms with Crippen LogP contribution >= 0.6 is 0 Å². The molecular formula is C7H10F3NO3. The Morgan fingerprint density at radius 1 is 1.36 bits per heavy atom. The van der Waals surface area contributed by atoms with Crippen molar-refractivity contribution in [2.45, 2.75) is 32.0 Å². The van der Waals surface area contributed by atoms with Crippen molar-refractivity contribution in [3.05, 3.63) is 0 Å². The number of carbonyl (C=O) groups is 2. The Balaban J connectivity index is 4.65. The van der Waals surface area contributed by atoms with Crippen molar-refractivity contribution in [1.82, 2.24) is 5.32 Å². The summed E-state index contributed by atoms with van der Waals surface area (Å²) in [6.07, 6.45) is -5.20. The highest BCUT2D eigenvalue weighted by atomic mass is 19.4. The summed E-state index contributed by atoms with van der Waals surface area (Å²) in [6.45, 7) is 2.38. The number of halogens is 3. The van der Waals surface area contributed by atoms with Crippen LogP contribution in [0.4, 0.5) is 13.2 Å². The van der Waals surface area contributed by atoms with Crippen LogP contribution in [-0.4, -0.2) is 28.7 Å². The summed E-state index contributed by atoms with van der Waals surface area (Å²) in [5.74, 6) is -3.75. The van der Waals surface area contributed by atoms with Crippen molar-refractivity contribution in [1.29, 1.82) is 0 Å². The summed E-state index contributed by atoms with van der Waals surface area (Å²) >= 11 is 0. The van der Waals surface area contributed by atoms with Crippen molar-refractivity contribution < 1.29 is 27.9 Å². The van der Waals surface area contributed by atoms with Gasteiger partial charge in [0.1, 0.15) is 5.54 Å². The van der Waals surface area contributed by atoms with Gasteiger partial charge in [-0.2, -0.15) is 13.2 Å². The molecule has 7 heteroatoms. The zero-order valence-corrected chi connectivity index (χ0v) is 7.60. The number of amides is 1. The molecule has 2 N–H and O–H groups in total. The molecule has 1 unspecified atom stereocenters. The number of hydrogen-bond acceptors (Lipinski definition) is 2. The minimum absolute atomic E-state index is 0.135. The quantitative estimate of drug-likeness (QED) is 0.732. The van der Waals surface area contributed by atoms with E-state index in [1.165, 1.54) is 12.2 Å². The van der Waals surface area contributed by atoms with Gasteiger partial charge in [-0.05, 0) is 13.3 Å². The highest BCUT2D eigenvalue weighted by molar-refractivity contribution is 5.89. The number of hydrogen-bond donors (Lipinski definition) is 2. The fourth-order valence-electron chi connectivity index (χ4n) is 0.615. The number of rotatable bonds is 3. The number of carboxylic acids is 1. The zero-order chi connectivity index (χ0) is 11.6. The maximum atomic E-state index is 11.8. The van der Waals surface area contributed by atoms with E-state index in [2.05, 4.69) is 0 Å². The second-order valence-electron chi connectivity index (χ2n) is 2.94. The van der Waals surface area contributed by atoms with E-state index in [0.29, 0.717) is 0 Å². The monoisotopic (exact) mass is 213 g/mol. The molecule has 82 valence electrons. The Kier molecular flexibility index (Phi) is 3.50. The second-order valence-corrected chi connectivity index (χ2v) is 2.94. The van der Waals surface area contributed by atoms with E-state index >= 15 is 0 Å². The molecule has 0 aromatic heterocycles. The normalized spacial score (nSPS) is 15.8. The molecular weight excluding hydrogens is 203 g/mol. The van der Waals surface area contributed by atoms with Gasteiger partial charge in [0, 0.05) is 0 Å². The molecule has 0 radical (unpaired) electrons. The van der Waals surface area contributed by atoms with E-state index in [9.17, 15) is 22.8 Å². The standard InChI is InChI=1S/C7H10F3NO3/c1-3-6(2,5(13)14)11-4(12)7(8,9)10/h3H2,1-2H3,(H,11,12)(H,13,14). The number of alkyl halides is 3. The molecule has 0 saturated heterocycles. The molecule has 0 rings (SSSR count). The molecule has 0 bridgehead atoms. The predicted octanol–water partition coefficient (Wildman–Crippen LogP) is 0.918. The minimum Gasteiger partial charge on any atom is -0.480 e. The fourth-order valence-corrected chi connectivity index (χ4v) is 0.615. The Bertz CT molecular complexity index is 251. The smallest absolute Gasteiger partial charge is 0.471 e. The van der Waals surface area contributed by atoms with Crippen LogP contribution in [-0.2, 0) is 9.59 Å². The molecule has 4 nitrogen and oxygen atoms in total. The van der Waals surface area contributed by atoms with Gasteiger partial charge in [-0.3, -0.25) is 4.79 Å². The van der Waals surface area contributed by atoms with E-state index in [1.807, 2.05) is 0 Å². The number of carbonyl (C=O) groups excluding carboxylic acids is 1. The van der Waals surface area contributed by atoms with Gasteiger partial charge in [0.05, 0.1) is 0 Å². The lowest BCUT2D eigenvalue weighted by molar-refractivity contribution is -0.177. The van der Waals surface area contributed by atoms with Crippen molar-refractivity contribution in [3.8, 4) is 0 Å². The Morgan fingerprint density at radius 3 is 2.00 bits per heavy atom. The van der Waals surface area contributed by atoms with Crippen LogP contribution in [0.1, 0.15) is 20.3 Å². The summed E-state index contributed by atoms with van der Waals surface area (Å²) < 4.78 is 35.3. The zero-order valence-electron chi connectivity index (χ0n) is 7.60. The summed E-state index contributed by atoms with van der Waals surface area (Å²) in [4.78, 5) is 21.0. The van der Waals surface area contributed by atoms with Crippen molar-refractivity contribution in [3.63, 3.8) is 0 Å². The molecule has 1 atom stereocenters. The first-order valence-electron chi connectivity index (χ1n) is 3.76. The lowest BCUT2D eigenvalue weighted by Gasteiger charge is -2.24. The van der Waals surface area contributed by atoms with Gasteiger partial charge in [-0.15, -0.1) is 0 Å². The molecule has 0 aliphatic heterocycles. The average molecular weight is 213 g/mol. The number of carboxylic acid groups (broad SMARTS) is 1. The molecule has 1 amide bonds. The van der Waals surface area contributed by atoms with E-state index < -0.39 is 23.6 Å². The third-order valence-corrected chi connectivity index (χ3v) is 1.83. The summed E-state index contributed by atoms with van der Waals surface area (Å²) in [5, 5.41) is 9.98. The van der Waals surface area contributed by atoms with Crippen LogP contribution in [0.25, 0.3) is 0 Å². The Morgan fingerprint density at radius 2 is 1.79 bits per heavy atom. The Hall–Kier alpha value is -1.27. The lowest BCUT2D eigenvalue weighted by Crippen LogP contribution is -2.55. The van der Waals surface area contributed by atoms with Gasteiger partial charge in [0.15, 0.2) is 0 Å². The molecule has 0 fully saturated rings. The van der Waals surface area contributed by atoms with Gasteiger partial charge in [0.25, 0.3) is 0 Å². The van der Waals surface area contributed by atoms with Crippen LogP contribution in [0.2, 0.25) is 0 Å². The van der Waals surface area contributed by atoms with Crippen LogP contribution in [0.3, 0.4) is 0 Å². The fraction of sp³-hybridized carbons (Fsp3) is 0.714. The van der Waals surface area contributed by atoms with Gasteiger partial charge in [-0.25, -0.2) is 4.79 Å². The third-order valence-electron chi connectivity index (χ3n) is 1.83. The first-order chi connectivity index (χ1) is 6.13. The average Bonchev–Trinajstić information content (AvgIpc) is 2.02. The SMILES string of the molecule is CCC(C)(NC(=O)C(F)(F)F)C(=O)O. The van der Waals surface area contributed by atoms with Crippen LogP contribution in [0.15, 0.2) is 0 Å². The van der Waals surface area contributed by atoms with E-state index in [4.69, 9.17) is 5.11 Å². The van der Waals surface area contributed by atoms with Crippen LogP contribution in [0.5, 0.6) is 0 Å². The topological polar surface area (TPSA) is 66.4 Å². The highest BCUT2D eigenvalue weighted by Crippen LogP contribution is 2.18. The van der Waals surface area contributed by atoms with Crippen molar-refractivity contribution in [2.75, 3.05) is 0 Å². The number of nitrogens with one attached hydrogen (secondary N) is 1. The molecule has 0 spiro atoms. The molecule has 0 aromatic carbocycles. The van der Waals surface area contributed by atoms with Gasteiger partial charge in [-0.1, -0.05) is 6.92 Å². The predicted molar refractivity (Wildman–Crippen MR) is 40.5 cm³/mol. The number of aliphatic carboxylic acids is 1. The van der Waals surface area contributed by atoms with Crippen molar-refractivity contribution in [2.24, 2.45) is 0 Å². The van der Waals surface area contributed by atoms with E-state index in [-0.39, 0.29) is 6.42 Å². The molecule has 0 heterocycles. The van der Waals surface area contributed by atoms with Gasteiger partial charge >= 0.3 is 18.1 Å². The molecule has 14 heavy (non-hydrogen) atoms. The lowest BCUT2D eigenvalue weighted by atomic mass is 9.99. The van der Waals surface area contributed by atoms with Crippen LogP contribution in [0, 0.1) is 0 Å². The maximum absolute atomic E-state index is 11.8. The van der Waals surface area contributed by atoms with Gasteiger partial charge < -0.3 is 10.4 Å².